The number of carbonyl (C=O) groups is 3. The zero-order chi connectivity index (χ0) is 42.3. The van der Waals surface area contributed by atoms with Crippen LogP contribution in [0.1, 0.15) is 194 Å². The van der Waals surface area contributed by atoms with Gasteiger partial charge in [-0.15, -0.1) is 0 Å². The lowest BCUT2D eigenvalue weighted by Gasteiger charge is -2.18. The fourth-order valence-electron chi connectivity index (χ4n) is 5.87. The fraction of sp³-hybridized carbons (Fsp3) is 0.635. The molecule has 0 saturated heterocycles. The van der Waals surface area contributed by atoms with Crippen molar-refractivity contribution in [2.45, 2.75) is 200 Å². The van der Waals surface area contributed by atoms with Gasteiger partial charge in [-0.2, -0.15) is 0 Å². The van der Waals surface area contributed by atoms with Crippen LogP contribution in [0.3, 0.4) is 0 Å². The van der Waals surface area contributed by atoms with E-state index in [9.17, 15) is 14.4 Å². The Morgan fingerprint density at radius 1 is 0.362 bits per heavy atom. The zero-order valence-corrected chi connectivity index (χ0v) is 37.3. The van der Waals surface area contributed by atoms with Gasteiger partial charge in [0.05, 0.1) is 0 Å². The Hall–Kier alpha value is -3.67. The van der Waals surface area contributed by atoms with Crippen molar-refractivity contribution < 1.29 is 28.6 Å². The molecule has 0 aromatic heterocycles. The Bertz CT molecular complexity index is 1200. The lowest BCUT2D eigenvalue weighted by molar-refractivity contribution is -0.166. The summed E-state index contributed by atoms with van der Waals surface area (Å²) in [6.07, 6.45) is 59.7. The minimum Gasteiger partial charge on any atom is -0.462 e. The van der Waals surface area contributed by atoms with E-state index in [0.717, 1.165) is 116 Å². The van der Waals surface area contributed by atoms with Crippen LogP contribution in [0.4, 0.5) is 0 Å². The molecule has 0 amide bonds. The van der Waals surface area contributed by atoms with Gasteiger partial charge in [0.25, 0.3) is 0 Å². The van der Waals surface area contributed by atoms with E-state index < -0.39 is 12.1 Å². The van der Waals surface area contributed by atoms with Crippen LogP contribution < -0.4 is 0 Å². The van der Waals surface area contributed by atoms with E-state index in [1.807, 2.05) is 12.2 Å². The van der Waals surface area contributed by atoms with Crippen molar-refractivity contribution >= 4 is 17.9 Å². The third-order valence-corrected chi connectivity index (χ3v) is 9.32. The van der Waals surface area contributed by atoms with Crippen molar-refractivity contribution in [2.75, 3.05) is 13.2 Å². The first kappa shape index (κ1) is 54.3. The highest BCUT2D eigenvalue weighted by molar-refractivity contribution is 5.71. The predicted octanol–water partition coefficient (Wildman–Crippen LogP) is 15.0. The number of ether oxygens (including phenoxy) is 3. The molecule has 328 valence electrons. The maximum absolute atomic E-state index is 12.7. The molecular formula is C52H84O6. The molecule has 0 aromatic rings. The van der Waals surface area contributed by atoms with E-state index >= 15 is 0 Å². The lowest BCUT2D eigenvalue weighted by Crippen LogP contribution is -2.30. The third-order valence-electron chi connectivity index (χ3n) is 9.32. The Labute approximate surface area is 356 Å². The van der Waals surface area contributed by atoms with Crippen molar-refractivity contribution in [2.24, 2.45) is 0 Å². The summed E-state index contributed by atoms with van der Waals surface area (Å²) >= 11 is 0. The largest absolute Gasteiger partial charge is 0.462 e. The molecule has 6 heteroatoms. The Morgan fingerprint density at radius 2 is 0.707 bits per heavy atom. The number of carbonyl (C=O) groups excluding carboxylic acids is 3. The van der Waals surface area contributed by atoms with Crippen LogP contribution in [0, 0.1) is 0 Å². The van der Waals surface area contributed by atoms with Crippen molar-refractivity contribution in [1.82, 2.24) is 0 Å². The Kier molecular flexibility index (Phi) is 43.1. The summed E-state index contributed by atoms with van der Waals surface area (Å²) in [5, 5.41) is 0. The second kappa shape index (κ2) is 46.0. The van der Waals surface area contributed by atoms with Crippen molar-refractivity contribution in [3.8, 4) is 0 Å². The highest BCUT2D eigenvalue weighted by atomic mass is 16.6. The summed E-state index contributed by atoms with van der Waals surface area (Å²) in [5.74, 6) is -1.04. The van der Waals surface area contributed by atoms with Gasteiger partial charge in [0.2, 0.25) is 0 Å². The Balaban J connectivity index is 4.53. The molecule has 0 aliphatic carbocycles. The summed E-state index contributed by atoms with van der Waals surface area (Å²) in [5.41, 5.74) is 0. The summed E-state index contributed by atoms with van der Waals surface area (Å²) in [6, 6.07) is 0. The molecule has 0 bridgehead atoms. The molecule has 0 aliphatic heterocycles. The standard InChI is InChI=1S/C52H84O6/c1-4-7-10-13-16-19-22-25-26-28-30-33-36-39-42-45-51(54)57-48-49(47-56-50(53)44-41-38-35-32-29-24-21-18-15-12-9-6-3)58-52(55)46-43-40-37-34-31-27-23-20-17-14-11-8-5-2/h7-8,10-11,16-21,25-27,31,37,40,49H,4-6,9,12-15,22-24,28-30,32-36,38-39,41-48H2,1-3H3/b10-7-,11-8-,19-16-,20-17-,21-18-,26-25-,31-27-,40-37-. The number of hydrogen-bond acceptors (Lipinski definition) is 6. The molecule has 0 fully saturated rings. The van der Waals surface area contributed by atoms with Gasteiger partial charge < -0.3 is 14.2 Å². The summed E-state index contributed by atoms with van der Waals surface area (Å²) < 4.78 is 16.6. The molecule has 0 saturated carbocycles. The molecule has 58 heavy (non-hydrogen) atoms. The van der Waals surface area contributed by atoms with Gasteiger partial charge in [-0.25, -0.2) is 0 Å². The number of esters is 3. The van der Waals surface area contributed by atoms with Crippen LogP contribution in [0.25, 0.3) is 0 Å². The first-order chi connectivity index (χ1) is 28.5. The molecule has 0 aromatic carbocycles. The summed E-state index contributed by atoms with van der Waals surface area (Å²) in [4.78, 5) is 37.8. The van der Waals surface area contributed by atoms with Crippen molar-refractivity contribution in [1.29, 1.82) is 0 Å². The molecule has 0 aliphatic rings. The minimum atomic E-state index is -0.825. The van der Waals surface area contributed by atoms with Gasteiger partial charge >= 0.3 is 17.9 Å². The molecule has 1 atom stereocenters. The summed E-state index contributed by atoms with van der Waals surface area (Å²) in [6.45, 7) is 6.27. The minimum absolute atomic E-state index is 0.118. The second-order valence-corrected chi connectivity index (χ2v) is 14.9. The van der Waals surface area contributed by atoms with Crippen LogP contribution in [-0.2, 0) is 28.6 Å². The molecule has 6 nitrogen and oxygen atoms in total. The van der Waals surface area contributed by atoms with Crippen LogP contribution in [0.15, 0.2) is 97.2 Å². The molecule has 0 N–H and O–H groups in total. The first-order valence-electron chi connectivity index (χ1n) is 23.2. The lowest BCUT2D eigenvalue weighted by atomic mass is 10.1. The number of allylic oxidation sites excluding steroid dienone is 16. The van der Waals surface area contributed by atoms with Gasteiger partial charge in [-0.1, -0.05) is 169 Å². The number of unbranched alkanes of at least 4 members (excludes halogenated alkanes) is 13. The van der Waals surface area contributed by atoms with Crippen LogP contribution >= 0.6 is 0 Å². The maximum Gasteiger partial charge on any atom is 0.306 e. The molecule has 0 radical (unpaired) electrons. The third kappa shape index (κ3) is 43.5. The smallest absolute Gasteiger partial charge is 0.306 e. The highest BCUT2D eigenvalue weighted by Gasteiger charge is 2.19. The van der Waals surface area contributed by atoms with E-state index in [-0.39, 0.29) is 31.6 Å². The number of rotatable bonds is 40. The van der Waals surface area contributed by atoms with Gasteiger partial charge in [0, 0.05) is 19.3 Å². The van der Waals surface area contributed by atoms with Gasteiger partial charge in [0.1, 0.15) is 13.2 Å². The molecule has 1 unspecified atom stereocenters. The van der Waals surface area contributed by atoms with E-state index in [4.69, 9.17) is 14.2 Å². The second-order valence-electron chi connectivity index (χ2n) is 14.9. The highest BCUT2D eigenvalue weighted by Crippen LogP contribution is 2.12. The van der Waals surface area contributed by atoms with Gasteiger partial charge in [-0.05, 0) is 103 Å². The monoisotopic (exact) mass is 805 g/mol. The fourth-order valence-corrected chi connectivity index (χ4v) is 5.87. The van der Waals surface area contributed by atoms with Crippen LogP contribution in [0.5, 0.6) is 0 Å². The first-order valence-corrected chi connectivity index (χ1v) is 23.2. The van der Waals surface area contributed by atoms with Crippen LogP contribution in [0.2, 0.25) is 0 Å². The van der Waals surface area contributed by atoms with E-state index in [0.29, 0.717) is 19.3 Å². The van der Waals surface area contributed by atoms with Crippen molar-refractivity contribution in [3.05, 3.63) is 97.2 Å². The zero-order valence-electron chi connectivity index (χ0n) is 37.3. The van der Waals surface area contributed by atoms with Crippen LogP contribution in [-0.4, -0.2) is 37.2 Å². The average molecular weight is 805 g/mol. The number of hydrogen-bond donors (Lipinski definition) is 0. The SMILES string of the molecule is CC/C=C\C/C=C\C/C=C\C/C=C\CCC(=O)OC(COC(=O)CCCCCCC/C=C\C/C=C\C/C=C\CC)COC(=O)CCCCCCC/C=C\CCCCC. The average Bonchev–Trinajstić information content (AvgIpc) is 3.22. The van der Waals surface area contributed by atoms with Gasteiger partial charge in [-0.3, -0.25) is 14.4 Å². The topological polar surface area (TPSA) is 78.9 Å². The van der Waals surface area contributed by atoms with E-state index in [1.165, 1.54) is 32.1 Å². The predicted molar refractivity (Wildman–Crippen MR) is 247 cm³/mol. The normalized spacial score (nSPS) is 12.9. The van der Waals surface area contributed by atoms with E-state index in [2.05, 4.69) is 106 Å². The van der Waals surface area contributed by atoms with E-state index in [1.54, 1.807) is 0 Å². The Morgan fingerprint density at radius 3 is 1.14 bits per heavy atom. The van der Waals surface area contributed by atoms with Gasteiger partial charge in [0.15, 0.2) is 6.10 Å². The molecular weight excluding hydrogens is 721 g/mol. The molecule has 0 spiro atoms. The maximum atomic E-state index is 12.7. The molecule has 0 rings (SSSR count). The quantitative estimate of drug-likeness (QED) is 0.0266. The molecule has 0 heterocycles. The summed E-state index contributed by atoms with van der Waals surface area (Å²) in [7, 11) is 0. The van der Waals surface area contributed by atoms with Crippen molar-refractivity contribution in [3.63, 3.8) is 0 Å².